The SMILES string of the molecule is CCCCC(=O)N(CCC)CC1CCOC1. The van der Waals surface area contributed by atoms with Crippen molar-refractivity contribution in [2.45, 2.75) is 46.0 Å². The second-order valence-corrected chi connectivity index (χ2v) is 4.67. The number of nitrogens with zero attached hydrogens (tertiary/aromatic N) is 1. The Kier molecular flexibility index (Phi) is 6.46. The highest BCUT2D eigenvalue weighted by molar-refractivity contribution is 5.76. The quantitative estimate of drug-likeness (QED) is 0.668. The molecule has 0 spiro atoms. The summed E-state index contributed by atoms with van der Waals surface area (Å²) < 4.78 is 5.36. The average Bonchev–Trinajstić information content (AvgIpc) is 2.78. The Morgan fingerprint density at radius 3 is 2.75 bits per heavy atom. The van der Waals surface area contributed by atoms with Crippen molar-refractivity contribution in [2.75, 3.05) is 26.3 Å². The van der Waals surface area contributed by atoms with Crippen LogP contribution in [0.5, 0.6) is 0 Å². The fourth-order valence-electron chi connectivity index (χ4n) is 2.11. The van der Waals surface area contributed by atoms with Crippen molar-refractivity contribution in [3.63, 3.8) is 0 Å². The summed E-state index contributed by atoms with van der Waals surface area (Å²) in [4.78, 5) is 14.0. The van der Waals surface area contributed by atoms with Crippen molar-refractivity contribution >= 4 is 5.91 Å². The topological polar surface area (TPSA) is 29.5 Å². The summed E-state index contributed by atoms with van der Waals surface area (Å²) >= 11 is 0. The summed E-state index contributed by atoms with van der Waals surface area (Å²) in [5, 5.41) is 0. The van der Waals surface area contributed by atoms with Crippen molar-refractivity contribution in [1.29, 1.82) is 0 Å². The zero-order chi connectivity index (χ0) is 11.8. The maximum Gasteiger partial charge on any atom is 0.222 e. The molecular formula is C13H25NO2. The summed E-state index contributed by atoms with van der Waals surface area (Å²) in [6.07, 6.45) is 4.98. The van der Waals surface area contributed by atoms with E-state index in [0.29, 0.717) is 18.2 Å². The second-order valence-electron chi connectivity index (χ2n) is 4.67. The first kappa shape index (κ1) is 13.5. The number of amides is 1. The largest absolute Gasteiger partial charge is 0.381 e. The fourth-order valence-corrected chi connectivity index (χ4v) is 2.11. The maximum atomic E-state index is 12.0. The fraction of sp³-hybridized carbons (Fsp3) is 0.923. The highest BCUT2D eigenvalue weighted by atomic mass is 16.5. The van der Waals surface area contributed by atoms with Crippen molar-refractivity contribution in [1.82, 2.24) is 4.90 Å². The minimum absolute atomic E-state index is 0.329. The molecule has 1 amide bonds. The Morgan fingerprint density at radius 2 is 2.19 bits per heavy atom. The van der Waals surface area contributed by atoms with Gasteiger partial charge in [0.2, 0.25) is 5.91 Å². The number of carbonyl (C=O) groups is 1. The van der Waals surface area contributed by atoms with Gasteiger partial charge in [-0.05, 0) is 19.3 Å². The van der Waals surface area contributed by atoms with E-state index in [1.54, 1.807) is 0 Å². The minimum Gasteiger partial charge on any atom is -0.381 e. The molecule has 3 nitrogen and oxygen atoms in total. The van der Waals surface area contributed by atoms with Crippen LogP contribution in [0.1, 0.15) is 46.0 Å². The first-order valence-corrected chi connectivity index (χ1v) is 6.63. The molecule has 0 radical (unpaired) electrons. The molecule has 1 atom stereocenters. The summed E-state index contributed by atoms with van der Waals surface area (Å²) in [6.45, 7) is 7.76. The standard InChI is InChI=1S/C13H25NO2/c1-3-5-6-13(15)14(8-4-2)10-12-7-9-16-11-12/h12H,3-11H2,1-2H3. The van der Waals surface area contributed by atoms with E-state index in [0.717, 1.165) is 52.0 Å². The lowest BCUT2D eigenvalue weighted by molar-refractivity contribution is -0.132. The van der Waals surface area contributed by atoms with E-state index >= 15 is 0 Å². The van der Waals surface area contributed by atoms with Crippen LogP contribution in [0, 0.1) is 5.92 Å². The third-order valence-corrected chi connectivity index (χ3v) is 3.09. The number of carbonyl (C=O) groups excluding carboxylic acids is 1. The van der Waals surface area contributed by atoms with E-state index in [2.05, 4.69) is 13.8 Å². The van der Waals surface area contributed by atoms with Crippen molar-refractivity contribution in [2.24, 2.45) is 5.92 Å². The molecule has 1 rings (SSSR count). The smallest absolute Gasteiger partial charge is 0.222 e. The molecule has 0 aromatic rings. The van der Waals surface area contributed by atoms with Gasteiger partial charge in [0.15, 0.2) is 0 Å². The molecule has 0 aromatic heterocycles. The van der Waals surface area contributed by atoms with Gasteiger partial charge in [-0.15, -0.1) is 0 Å². The van der Waals surface area contributed by atoms with Crippen LogP contribution < -0.4 is 0 Å². The number of hydrogen-bond donors (Lipinski definition) is 0. The highest BCUT2D eigenvalue weighted by Gasteiger charge is 2.21. The normalized spacial score (nSPS) is 20.0. The molecule has 16 heavy (non-hydrogen) atoms. The van der Waals surface area contributed by atoms with E-state index in [1.165, 1.54) is 0 Å². The Morgan fingerprint density at radius 1 is 1.38 bits per heavy atom. The molecule has 0 bridgehead atoms. The van der Waals surface area contributed by atoms with Gasteiger partial charge in [-0.3, -0.25) is 4.79 Å². The molecule has 94 valence electrons. The Bertz CT molecular complexity index is 200. The lowest BCUT2D eigenvalue weighted by Gasteiger charge is -2.24. The van der Waals surface area contributed by atoms with Crippen molar-refractivity contribution in [3.8, 4) is 0 Å². The maximum absolute atomic E-state index is 12.0. The molecule has 1 aliphatic heterocycles. The van der Waals surface area contributed by atoms with Crippen LogP contribution in [-0.2, 0) is 9.53 Å². The van der Waals surface area contributed by atoms with E-state index in [9.17, 15) is 4.79 Å². The first-order chi connectivity index (χ1) is 7.77. The molecule has 1 fully saturated rings. The number of ether oxygens (including phenoxy) is 1. The molecule has 0 saturated carbocycles. The summed E-state index contributed by atoms with van der Waals surface area (Å²) in [7, 11) is 0. The predicted octanol–water partition coefficient (Wildman–Crippen LogP) is 2.45. The van der Waals surface area contributed by atoms with Crippen molar-refractivity contribution < 1.29 is 9.53 Å². The lowest BCUT2D eigenvalue weighted by atomic mass is 10.1. The molecule has 0 N–H and O–H groups in total. The number of rotatable bonds is 7. The van der Waals surface area contributed by atoms with E-state index in [4.69, 9.17) is 4.74 Å². The monoisotopic (exact) mass is 227 g/mol. The number of hydrogen-bond acceptors (Lipinski definition) is 2. The van der Waals surface area contributed by atoms with Gasteiger partial charge < -0.3 is 9.64 Å². The second kappa shape index (κ2) is 7.66. The zero-order valence-corrected chi connectivity index (χ0v) is 10.7. The van der Waals surface area contributed by atoms with Gasteiger partial charge in [-0.1, -0.05) is 20.3 Å². The van der Waals surface area contributed by atoms with Gasteiger partial charge in [0, 0.05) is 32.0 Å². The van der Waals surface area contributed by atoms with E-state index < -0.39 is 0 Å². The van der Waals surface area contributed by atoms with Crippen LogP contribution in [0.4, 0.5) is 0 Å². The Hall–Kier alpha value is -0.570. The van der Waals surface area contributed by atoms with Crippen LogP contribution in [0.15, 0.2) is 0 Å². The molecule has 1 heterocycles. The summed E-state index contributed by atoms with van der Waals surface area (Å²) in [6, 6.07) is 0. The molecule has 0 aliphatic carbocycles. The summed E-state index contributed by atoms with van der Waals surface area (Å²) in [5.41, 5.74) is 0. The molecule has 1 saturated heterocycles. The van der Waals surface area contributed by atoms with Crippen molar-refractivity contribution in [3.05, 3.63) is 0 Å². The van der Waals surface area contributed by atoms with Gasteiger partial charge in [-0.25, -0.2) is 0 Å². The first-order valence-electron chi connectivity index (χ1n) is 6.63. The van der Waals surface area contributed by atoms with Gasteiger partial charge in [0.25, 0.3) is 0 Å². The third-order valence-electron chi connectivity index (χ3n) is 3.09. The van der Waals surface area contributed by atoms with Gasteiger partial charge in [0.05, 0.1) is 6.61 Å². The van der Waals surface area contributed by atoms with Crippen LogP contribution in [-0.4, -0.2) is 37.1 Å². The third kappa shape index (κ3) is 4.52. The molecular weight excluding hydrogens is 202 g/mol. The molecule has 1 unspecified atom stereocenters. The average molecular weight is 227 g/mol. The van der Waals surface area contributed by atoms with Crippen LogP contribution in [0.2, 0.25) is 0 Å². The van der Waals surface area contributed by atoms with Crippen LogP contribution in [0.25, 0.3) is 0 Å². The Balaban J connectivity index is 2.35. The van der Waals surface area contributed by atoms with E-state index in [1.807, 2.05) is 4.90 Å². The van der Waals surface area contributed by atoms with Crippen LogP contribution in [0.3, 0.4) is 0 Å². The Labute approximate surface area is 99.1 Å². The summed E-state index contributed by atoms with van der Waals surface area (Å²) in [5.74, 6) is 0.896. The van der Waals surface area contributed by atoms with Gasteiger partial charge in [-0.2, -0.15) is 0 Å². The highest BCUT2D eigenvalue weighted by Crippen LogP contribution is 2.15. The van der Waals surface area contributed by atoms with Crippen LogP contribution >= 0.6 is 0 Å². The number of unbranched alkanes of at least 4 members (excludes halogenated alkanes) is 1. The van der Waals surface area contributed by atoms with Gasteiger partial charge in [0.1, 0.15) is 0 Å². The lowest BCUT2D eigenvalue weighted by Crippen LogP contribution is -2.36. The zero-order valence-electron chi connectivity index (χ0n) is 10.7. The van der Waals surface area contributed by atoms with Gasteiger partial charge >= 0.3 is 0 Å². The molecule has 3 heteroatoms. The predicted molar refractivity (Wildman–Crippen MR) is 65.3 cm³/mol. The minimum atomic E-state index is 0.329. The molecule has 1 aliphatic rings. The molecule has 0 aromatic carbocycles. The van der Waals surface area contributed by atoms with E-state index in [-0.39, 0.29) is 0 Å².